The van der Waals surface area contributed by atoms with E-state index in [1.54, 1.807) is 0 Å². The highest BCUT2D eigenvalue weighted by atomic mass is 35.5. The van der Waals surface area contributed by atoms with E-state index in [2.05, 4.69) is 17.5 Å². The number of hydrogen-bond donors (Lipinski definition) is 1. The van der Waals surface area contributed by atoms with Crippen LogP contribution in [0, 0.1) is 11.3 Å². The second-order valence-electron chi connectivity index (χ2n) is 4.27. The Labute approximate surface area is 118 Å². The zero-order valence-electron chi connectivity index (χ0n) is 10.6. The Morgan fingerprint density at radius 1 is 1.11 bits per heavy atom. The SMILES string of the molecule is N#CCCNCc1ccc(-c2ccccc2)c(Cl)c1. The van der Waals surface area contributed by atoms with Crippen LogP contribution < -0.4 is 5.32 Å². The van der Waals surface area contributed by atoms with Crippen molar-refractivity contribution in [3.05, 3.63) is 59.1 Å². The molecule has 0 heterocycles. The van der Waals surface area contributed by atoms with Crippen LogP contribution in [0.5, 0.6) is 0 Å². The standard InChI is InChI=1S/C16H15ClN2/c17-16-11-13(12-19-10-4-9-18)7-8-15(16)14-5-2-1-3-6-14/h1-3,5-8,11,19H,4,10,12H2. The van der Waals surface area contributed by atoms with E-state index in [4.69, 9.17) is 16.9 Å². The fourth-order valence-electron chi connectivity index (χ4n) is 1.90. The van der Waals surface area contributed by atoms with Gasteiger partial charge in [0.2, 0.25) is 0 Å². The van der Waals surface area contributed by atoms with E-state index < -0.39 is 0 Å². The van der Waals surface area contributed by atoms with Crippen LogP contribution in [-0.2, 0) is 6.54 Å². The van der Waals surface area contributed by atoms with Crippen molar-refractivity contribution in [1.82, 2.24) is 5.32 Å². The van der Waals surface area contributed by atoms with Crippen LogP contribution in [-0.4, -0.2) is 6.54 Å². The molecule has 0 spiro atoms. The van der Waals surface area contributed by atoms with E-state index in [0.717, 1.165) is 28.3 Å². The smallest absolute Gasteiger partial charge is 0.0635 e. The molecule has 19 heavy (non-hydrogen) atoms. The van der Waals surface area contributed by atoms with Crippen LogP contribution >= 0.6 is 11.6 Å². The Morgan fingerprint density at radius 3 is 2.58 bits per heavy atom. The number of nitrogens with zero attached hydrogens (tertiary/aromatic N) is 1. The van der Waals surface area contributed by atoms with Crippen molar-refractivity contribution < 1.29 is 0 Å². The van der Waals surface area contributed by atoms with Crippen molar-refractivity contribution in [2.75, 3.05) is 6.54 Å². The van der Waals surface area contributed by atoms with Crippen molar-refractivity contribution in [2.24, 2.45) is 0 Å². The molecule has 0 aliphatic heterocycles. The van der Waals surface area contributed by atoms with Gasteiger partial charge >= 0.3 is 0 Å². The first kappa shape index (κ1) is 13.6. The van der Waals surface area contributed by atoms with E-state index >= 15 is 0 Å². The quantitative estimate of drug-likeness (QED) is 0.834. The maximum Gasteiger partial charge on any atom is 0.0635 e. The molecule has 0 radical (unpaired) electrons. The van der Waals surface area contributed by atoms with Gasteiger partial charge < -0.3 is 5.32 Å². The van der Waals surface area contributed by atoms with Gasteiger partial charge in [-0.3, -0.25) is 0 Å². The Balaban J connectivity index is 2.08. The van der Waals surface area contributed by atoms with Crippen molar-refractivity contribution in [3.8, 4) is 17.2 Å². The number of hydrogen-bond acceptors (Lipinski definition) is 2. The summed E-state index contributed by atoms with van der Waals surface area (Å²) in [6, 6.07) is 18.3. The average molecular weight is 271 g/mol. The summed E-state index contributed by atoms with van der Waals surface area (Å²) in [7, 11) is 0. The molecule has 0 atom stereocenters. The number of halogens is 1. The van der Waals surface area contributed by atoms with Crippen molar-refractivity contribution >= 4 is 11.6 Å². The van der Waals surface area contributed by atoms with Crippen LogP contribution in [0.15, 0.2) is 48.5 Å². The Kier molecular flexibility index (Phi) is 4.97. The third kappa shape index (κ3) is 3.82. The van der Waals surface area contributed by atoms with E-state index in [1.165, 1.54) is 0 Å². The third-order valence-corrected chi connectivity index (χ3v) is 3.17. The Morgan fingerprint density at radius 2 is 1.89 bits per heavy atom. The molecule has 2 nitrogen and oxygen atoms in total. The zero-order valence-corrected chi connectivity index (χ0v) is 11.3. The zero-order chi connectivity index (χ0) is 13.5. The summed E-state index contributed by atoms with van der Waals surface area (Å²) < 4.78 is 0. The van der Waals surface area contributed by atoms with Crippen molar-refractivity contribution in [3.63, 3.8) is 0 Å². The lowest BCUT2D eigenvalue weighted by atomic mass is 10.0. The van der Waals surface area contributed by atoms with E-state index in [0.29, 0.717) is 13.0 Å². The number of rotatable bonds is 5. The fourth-order valence-corrected chi connectivity index (χ4v) is 2.21. The van der Waals surface area contributed by atoms with Crippen LogP contribution in [0.2, 0.25) is 5.02 Å². The van der Waals surface area contributed by atoms with Gasteiger partial charge in [0, 0.05) is 30.1 Å². The van der Waals surface area contributed by atoms with Gasteiger partial charge in [-0.15, -0.1) is 0 Å². The molecule has 2 aromatic rings. The minimum Gasteiger partial charge on any atom is -0.312 e. The van der Waals surface area contributed by atoms with Gasteiger partial charge in [0.05, 0.1) is 6.07 Å². The van der Waals surface area contributed by atoms with E-state index in [-0.39, 0.29) is 0 Å². The molecule has 0 aromatic heterocycles. The first-order chi connectivity index (χ1) is 9.31. The summed E-state index contributed by atoms with van der Waals surface area (Å²) in [6.07, 6.45) is 0.524. The molecule has 0 bridgehead atoms. The van der Waals surface area contributed by atoms with Gasteiger partial charge in [-0.1, -0.05) is 54.1 Å². The van der Waals surface area contributed by atoms with Gasteiger partial charge in [0.1, 0.15) is 0 Å². The number of nitrogens with one attached hydrogen (secondary N) is 1. The molecule has 0 fully saturated rings. The van der Waals surface area contributed by atoms with Crippen LogP contribution in [0.25, 0.3) is 11.1 Å². The number of benzene rings is 2. The largest absolute Gasteiger partial charge is 0.312 e. The predicted octanol–water partition coefficient (Wildman–Crippen LogP) is 4.01. The molecule has 0 unspecified atom stereocenters. The van der Waals surface area contributed by atoms with Crippen LogP contribution in [0.3, 0.4) is 0 Å². The lowest BCUT2D eigenvalue weighted by Crippen LogP contribution is -2.14. The lowest BCUT2D eigenvalue weighted by Gasteiger charge is -2.08. The summed E-state index contributed by atoms with van der Waals surface area (Å²) in [4.78, 5) is 0. The highest BCUT2D eigenvalue weighted by Gasteiger charge is 2.04. The van der Waals surface area contributed by atoms with Gasteiger partial charge in [-0.2, -0.15) is 5.26 Å². The Bertz CT molecular complexity index is 573. The van der Waals surface area contributed by atoms with Crippen LogP contribution in [0.1, 0.15) is 12.0 Å². The first-order valence-corrected chi connectivity index (χ1v) is 6.60. The van der Waals surface area contributed by atoms with Gasteiger partial charge in [-0.05, 0) is 17.2 Å². The summed E-state index contributed by atoms with van der Waals surface area (Å²) in [5.74, 6) is 0. The molecule has 2 aromatic carbocycles. The van der Waals surface area contributed by atoms with E-state index in [9.17, 15) is 0 Å². The summed E-state index contributed by atoms with van der Waals surface area (Å²) >= 11 is 6.32. The molecule has 1 N–H and O–H groups in total. The second-order valence-corrected chi connectivity index (χ2v) is 4.67. The van der Waals surface area contributed by atoms with Crippen molar-refractivity contribution in [2.45, 2.75) is 13.0 Å². The van der Waals surface area contributed by atoms with Gasteiger partial charge in [0.25, 0.3) is 0 Å². The lowest BCUT2D eigenvalue weighted by molar-refractivity contribution is 0.699. The monoisotopic (exact) mass is 270 g/mol. The number of nitriles is 1. The topological polar surface area (TPSA) is 35.8 Å². The normalized spacial score (nSPS) is 10.1. The summed E-state index contributed by atoms with van der Waals surface area (Å²) in [6.45, 7) is 1.44. The van der Waals surface area contributed by atoms with E-state index in [1.807, 2.05) is 42.5 Å². The highest BCUT2D eigenvalue weighted by Crippen LogP contribution is 2.28. The van der Waals surface area contributed by atoms with Gasteiger partial charge in [0.15, 0.2) is 0 Å². The molecule has 0 saturated heterocycles. The first-order valence-electron chi connectivity index (χ1n) is 6.23. The predicted molar refractivity (Wildman–Crippen MR) is 78.8 cm³/mol. The fraction of sp³-hybridized carbons (Fsp3) is 0.188. The highest BCUT2D eigenvalue weighted by molar-refractivity contribution is 6.33. The maximum absolute atomic E-state index is 8.46. The molecule has 3 heteroatoms. The average Bonchev–Trinajstić information content (AvgIpc) is 2.45. The van der Waals surface area contributed by atoms with Crippen LogP contribution in [0.4, 0.5) is 0 Å². The summed E-state index contributed by atoms with van der Waals surface area (Å²) in [5.41, 5.74) is 3.29. The second kappa shape index (κ2) is 6.94. The third-order valence-electron chi connectivity index (χ3n) is 2.86. The molecule has 0 aliphatic rings. The Hall–Kier alpha value is -1.82. The molecular formula is C16H15ClN2. The molecule has 2 rings (SSSR count). The molecule has 96 valence electrons. The summed E-state index contributed by atoms with van der Waals surface area (Å²) in [5, 5.41) is 12.4. The minimum absolute atomic E-state index is 0.524. The molecular weight excluding hydrogens is 256 g/mol. The van der Waals surface area contributed by atoms with Gasteiger partial charge in [-0.25, -0.2) is 0 Å². The van der Waals surface area contributed by atoms with Crippen molar-refractivity contribution in [1.29, 1.82) is 5.26 Å². The molecule has 0 aliphatic carbocycles. The molecule has 0 amide bonds. The maximum atomic E-state index is 8.46. The molecule has 0 saturated carbocycles. The minimum atomic E-state index is 0.524.